The number of carbonyl (C=O) groups excluding carboxylic acids is 2. The minimum atomic E-state index is -0.552. The number of carbonyl (C=O) groups is 2. The predicted octanol–water partition coefficient (Wildman–Crippen LogP) is 3.01. The number of hydrogen-bond acceptors (Lipinski definition) is 5. The van der Waals surface area contributed by atoms with Gasteiger partial charge in [-0.3, -0.25) is 9.78 Å². The number of nitrogens with zero attached hydrogens (tertiary/aromatic N) is 2. The Morgan fingerprint density at radius 2 is 2.08 bits per heavy atom. The highest BCUT2D eigenvalue weighted by molar-refractivity contribution is 5.94. The summed E-state index contributed by atoms with van der Waals surface area (Å²) in [6.07, 6.45) is 9.61. The normalized spacial score (nSPS) is 19.2. The van der Waals surface area contributed by atoms with Crippen LogP contribution in [0.15, 0.2) is 30.2 Å². The molecule has 1 saturated carbocycles. The minimum Gasteiger partial charge on any atom is -0.467 e. The van der Waals surface area contributed by atoms with Crippen molar-refractivity contribution < 1.29 is 19.1 Å². The lowest BCUT2D eigenvalue weighted by atomic mass is 9.84. The Hall–Kier alpha value is -2.37. The standard InChI is InChI=1S/C20H26N2O4/c1-14-8-9-16(12-21-14)26-17-11-19(23)22(13-17)18(20(24)25-2)10-15-6-4-3-5-7-15/h8-9,11-12,15,18H,3-7,10,13H2,1-2H3. The zero-order chi connectivity index (χ0) is 18.5. The lowest BCUT2D eigenvalue weighted by Gasteiger charge is -2.30. The third kappa shape index (κ3) is 4.42. The zero-order valence-electron chi connectivity index (χ0n) is 15.4. The summed E-state index contributed by atoms with van der Waals surface area (Å²) in [5, 5.41) is 0. The first kappa shape index (κ1) is 18.4. The van der Waals surface area contributed by atoms with Gasteiger partial charge >= 0.3 is 5.97 Å². The van der Waals surface area contributed by atoms with Crippen molar-refractivity contribution in [1.82, 2.24) is 9.88 Å². The van der Waals surface area contributed by atoms with Crippen molar-refractivity contribution in [2.24, 2.45) is 5.92 Å². The smallest absolute Gasteiger partial charge is 0.328 e. The Bertz CT molecular complexity index is 678. The SMILES string of the molecule is COC(=O)C(CC1CCCCC1)N1CC(Oc2ccc(C)nc2)=CC1=O. The van der Waals surface area contributed by atoms with Gasteiger partial charge in [-0.05, 0) is 31.4 Å². The van der Waals surface area contributed by atoms with Crippen molar-refractivity contribution in [2.75, 3.05) is 13.7 Å². The number of aromatic nitrogens is 1. The highest BCUT2D eigenvalue weighted by atomic mass is 16.5. The summed E-state index contributed by atoms with van der Waals surface area (Å²) in [5.41, 5.74) is 0.897. The molecule has 1 aliphatic carbocycles. The Kier molecular flexibility index (Phi) is 5.91. The van der Waals surface area contributed by atoms with Crippen molar-refractivity contribution in [3.8, 4) is 5.75 Å². The molecule has 6 nitrogen and oxygen atoms in total. The third-order valence-electron chi connectivity index (χ3n) is 5.16. The summed E-state index contributed by atoms with van der Waals surface area (Å²) in [6.45, 7) is 2.18. The van der Waals surface area contributed by atoms with E-state index in [2.05, 4.69) is 4.98 Å². The quantitative estimate of drug-likeness (QED) is 0.731. The zero-order valence-corrected chi connectivity index (χ0v) is 15.4. The van der Waals surface area contributed by atoms with E-state index in [-0.39, 0.29) is 18.4 Å². The molecule has 140 valence electrons. The van der Waals surface area contributed by atoms with Crippen molar-refractivity contribution in [3.63, 3.8) is 0 Å². The van der Waals surface area contributed by atoms with Crippen molar-refractivity contribution in [2.45, 2.75) is 51.5 Å². The van der Waals surface area contributed by atoms with E-state index in [0.29, 0.717) is 23.8 Å². The molecule has 6 heteroatoms. The number of aryl methyl sites for hydroxylation is 1. The van der Waals surface area contributed by atoms with Gasteiger partial charge in [-0.15, -0.1) is 0 Å². The molecule has 0 radical (unpaired) electrons. The summed E-state index contributed by atoms with van der Waals surface area (Å²) >= 11 is 0. The van der Waals surface area contributed by atoms with Crippen molar-refractivity contribution in [1.29, 1.82) is 0 Å². The van der Waals surface area contributed by atoms with E-state index >= 15 is 0 Å². The summed E-state index contributed by atoms with van der Waals surface area (Å²) in [6, 6.07) is 3.12. The first-order valence-electron chi connectivity index (χ1n) is 9.26. The van der Waals surface area contributed by atoms with Crippen LogP contribution >= 0.6 is 0 Å². The average Bonchev–Trinajstić information content (AvgIpc) is 3.01. The van der Waals surface area contributed by atoms with Gasteiger partial charge in [-0.1, -0.05) is 32.1 Å². The molecule has 0 spiro atoms. The molecule has 1 aromatic rings. The monoisotopic (exact) mass is 358 g/mol. The maximum atomic E-state index is 12.5. The van der Waals surface area contributed by atoms with Gasteiger partial charge in [0.2, 0.25) is 0 Å². The first-order chi connectivity index (χ1) is 12.6. The predicted molar refractivity (Wildman–Crippen MR) is 96.4 cm³/mol. The van der Waals surface area contributed by atoms with Crippen LogP contribution in [0.4, 0.5) is 0 Å². The summed E-state index contributed by atoms with van der Waals surface area (Å²) in [5.74, 6) is 1.02. The van der Waals surface area contributed by atoms with Gasteiger partial charge in [-0.25, -0.2) is 4.79 Å². The molecule has 0 aromatic carbocycles. The van der Waals surface area contributed by atoms with Crippen LogP contribution in [-0.2, 0) is 14.3 Å². The molecule has 1 unspecified atom stereocenters. The molecule has 2 aliphatic rings. The van der Waals surface area contributed by atoms with Gasteiger partial charge < -0.3 is 14.4 Å². The van der Waals surface area contributed by atoms with Crippen molar-refractivity contribution >= 4 is 11.9 Å². The molecule has 0 bridgehead atoms. The van der Waals surface area contributed by atoms with Gasteiger partial charge in [-0.2, -0.15) is 0 Å². The number of ether oxygens (including phenoxy) is 2. The second kappa shape index (κ2) is 8.34. The molecule has 1 atom stereocenters. The van der Waals surface area contributed by atoms with Gasteiger partial charge in [0, 0.05) is 11.8 Å². The van der Waals surface area contributed by atoms with Crippen LogP contribution in [0.1, 0.15) is 44.2 Å². The Morgan fingerprint density at radius 1 is 1.31 bits per heavy atom. The van der Waals surface area contributed by atoms with Crippen LogP contribution in [0, 0.1) is 12.8 Å². The van der Waals surface area contributed by atoms with Crippen LogP contribution in [0.3, 0.4) is 0 Å². The molecule has 0 N–H and O–H groups in total. The molecular formula is C20H26N2O4. The maximum Gasteiger partial charge on any atom is 0.328 e. The van der Waals surface area contributed by atoms with Crippen molar-refractivity contribution in [3.05, 3.63) is 35.9 Å². The van der Waals surface area contributed by atoms with Crippen LogP contribution in [0.5, 0.6) is 5.75 Å². The molecule has 2 heterocycles. The molecule has 1 amide bonds. The van der Waals surface area contributed by atoms with E-state index in [1.807, 2.05) is 19.1 Å². The molecule has 1 fully saturated rings. The lowest BCUT2D eigenvalue weighted by molar-refractivity contribution is -0.151. The van der Waals surface area contributed by atoms with Gasteiger partial charge in [0.05, 0.1) is 19.9 Å². The van der Waals surface area contributed by atoms with E-state index in [1.54, 1.807) is 11.1 Å². The highest BCUT2D eigenvalue weighted by Gasteiger charge is 2.36. The molecule has 1 aliphatic heterocycles. The number of pyridine rings is 1. The maximum absolute atomic E-state index is 12.5. The summed E-state index contributed by atoms with van der Waals surface area (Å²) < 4.78 is 10.7. The number of amides is 1. The molecule has 3 rings (SSSR count). The lowest BCUT2D eigenvalue weighted by Crippen LogP contribution is -2.44. The Labute approximate surface area is 154 Å². The van der Waals surface area contributed by atoms with Gasteiger partial charge in [0.1, 0.15) is 17.6 Å². The Morgan fingerprint density at radius 3 is 2.73 bits per heavy atom. The molecular weight excluding hydrogens is 332 g/mol. The van der Waals surface area contributed by atoms with E-state index in [0.717, 1.165) is 18.5 Å². The summed E-state index contributed by atoms with van der Waals surface area (Å²) in [4.78, 5) is 30.6. The molecule has 1 aromatic heterocycles. The van der Waals surface area contributed by atoms with E-state index in [1.165, 1.54) is 32.4 Å². The second-order valence-corrected chi connectivity index (χ2v) is 7.09. The van der Waals surface area contributed by atoms with Gasteiger partial charge in [0.25, 0.3) is 5.91 Å². The first-order valence-corrected chi connectivity index (χ1v) is 9.26. The average molecular weight is 358 g/mol. The molecule has 0 saturated heterocycles. The fraction of sp³-hybridized carbons (Fsp3) is 0.550. The minimum absolute atomic E-state index is 0.203. The topological polar surface area (TPSA) is 68.7 Å². The second-order valence-electron chi connectivity index (χ2n) is 7.09. The van der Waals surface area contributed by atoms with Crippen LogP contribution < -0.4 is 4.74 Å². The third-order valence-corrected chi connectivity index (χ3v) is 5.16. The Balaban J connectivity index is 1.66. The highest BCUT2D eigenvalue weighted by Crippen LogP contribution is 2.30. The number of methoxy groups -OCH3 is 1. The fourth-order valence-electron chi connectivity index (χ4n) is 3.73. The van der Waals surface area contributed by atoms with Crippen LogP contribution in [-0.4, -0.2) is 41.5 Å². The van der Waals surface area contributed by atoms with Crippen LogP contribution in [0.25, 0.3) is 0 Å². The number of hydrogen-bond donors (Lipinski definition) is 0. The fourth-order valence-corrected chi connectivity index (χ4v) is 3.73. The van der Waals surface area contributed by atoms with Crippen LogP contribution in [0.2, 0.25) is 0 Å². The number of esters is 1. The van der Waals surface area contributed by atoms with E-state index < -0.39 is 6.04 Å². The molecule has 26 heavy (non-hydrogen) atoms. The summed E-state index contributed by atoms with van der Waals surface area (Å²) in [7, 11) is 1.37. The van der Waals surface area contributed by atoms with E-state index in [9.17, 15) is 9.59 Å². The largest absolute Gasteiger partial charge is 0.467 e. The van der Waals surface area contributed by atoms with E-state index in [4.69, 9.17) is 9.47 Å². The van der Waals surface area contributed by atoms with Gasteiger partial charge in [0.15, 0.2) is 0 Å². The number of rotatable bonds is 6.